The Labute approximate surface area is 218 Å². The van der Waals surface area contributed by atoms with Crippen molar-refractivity contribution in [2.24, 2.45) is 5.10 Å². The number of hydrogen-bond donors (Lipinski definition) is 0. The van der Waals surface area contributed by atoms with Crippen molar-refractivity contribution in [3.8, 4) is 5.75 Å². The van der Waals surface area contributed by atoms with Crippen LogP contribution in [0.15, 0.2) is 86.8 Å². The van der Waals surface area contributed by atoms with E-state index in [2.05, 4.69) is 80.4 Å². The summed E-state index contributed by atoms with van der Waals surface area (Å²) in [6, 6.07) is 24.5. The minimum Gasteiger partial charge on any atom is -0.463 e. The first-order chi connectivity index (χ1) is 16.0. The van der Waals surface area contributed by atoms with Crippen molar-refractivity contribution >= 4 is 71.5 Å². The zero-order chi connectivity index (χ0) is 22.7. The Morgan fingerprint density at radius 1 is 0.879 bits per heavy atom. The quantitative estimate of drug-likeness (QED) is 0.229. The predicted octanol–water partition coefficient (Wildman–Crippen LogP) is 8.91. The highest BCUT2D eigenvalue weighted by molar-refractivity contribution is 9.11. The van der Waals surface area contributed by atoms with Crippen LogP contribution < -0.4 is 4.74 Å². The summed E-state index contributed by atoms with van der Waals surface area (Å²) in [4.78, 5) is 0. The van der Waals surface area contributed by atoms with Crippen LogP contribution in [0.4, 0.5) is 0 Å². The second-order valence-corrected chi connectivity index (χ2v) is 10.8. The van der Waals surface area contributed by atoms with Crippen LogP contribution >= 0.6 is 55.1 Å². The summed E-state index contributed by atoms with van der Waals surface area (Å²) in [6.45, 7) is 0. The molecule has 0 fully saturated rings. The van der Waals surface area contributed by atoms with Crippen molar-refractivity contribution in [3.63, 3.8) is 0 Å². The average Bonchev–Trinajstić information content (AvgIpc) is 3.25. The van der Waals surface area contributed by atoms with Crippen LogP contribution in [0.25, 0.3) is 10.8 Å². The Balaban J connectivity index is 1.49. The van der Waals surface area contributed by atoms with Gasteiger partial charge in [-0.1, -0.05) is 81.6 Å². The largest absolute Gasteiger partial charge is 0.463 e. The molecule has 4 aromatic rings. The van der Waals surface area contributed by atoms with Gasteiger partial charge in [-0.15, -0.1) is 0 Å². The lowest BCUT2D eigenvalue weighted by Gasteiger charge is -2.39. The SMILES string of the molecule is Clc1ccc([C@@H]2Oc3c(Br)cc(Br)cc3[C@@H]3CC(c4ccc5ccccc5c4)=NN32)c(Cl)c1. The van der Waals surface area contributed by atoms with E-state index in [1.54, 1.807) is 6.07 Å². The van der Waals surface area contributed by atoms with E-state index in [-0.39, 0.29) is 6.04 Å². The van der Waals surface area contributed by atoms with Crippen molar-refractivity contribution in [3.05, 3.63) is 108 Å². The molecule has 0 saturated carbocycles. The van der Waals surface area contributed by atoms with E-state index in [0.29, 0.717) is 10.0 Å². The Hall–Kier alpha value is -2.05. The first kappa shape index (κ1) is 21.5. The second kappa shape index (κ2) is 8.31. The van der Waals surface area contributed by atoms with E-state index < -0.39 is 6.23 Å². The smallest absolute Gasteiger partial charge is 0.215 e. The second-order valence-electron chi connectivity index (χ2n) is 8.15. The molecule has 0 spiro atoms. The van der Waals surface area contributed by atoms with Gasteiger partial charge in [0.25, 0.3) is 0 Å². The molecule has 2 atom stereocenters. The van der Waals surface area contributed by atoms with Crippen LogP contribution in [-0.4, -0.2) is 10.7 Å². The first-order valence-electron chi connectivity index (χ1n) is 10.4. The first-order valence-corrected chi connectivity index (χ1v) is 12.8. The maximum atomic E-state index is 6.61. The molecule has 0 radical (unpaired) electrons. The Morgan fingerprint density at radius 2 is 1.70 bits per heavy atom. The number of rotatable bonds is 2. The summed E-state index contributed by atoms with van der Waals surface area (Å²) in [5, 5.41) is 10.6. The molecule has 0 N–H and O–H groups in total. The minimum atomic E-state index is -0.470. The van der Waals surface area contributed by atoms with Gasteiger partial charge in [-0.2, -0.15) is 5.10 Å². The molecular weight excluding hydrogens is 587 g/mol. The van der Waals surface area contributed by atoms with E-state index in [9.17, 15) is 0 Å². The standard InChI is InChI=1S/C26H16Br2Cl2N2O/c27-17-10-20-24-13-23(16-6-5-14-3-1-2-4-15(14)9-16)31-32(24)26(33-25(20)21(28)11-17)19-8-7-18(29)12-22(19)30/h1-12,24,26H,13H2/t24-,26-/m0/s1. The molecule has 7 heteroatoms. The highest BCUT2D eigenvalue weighted by Gasteiger charge is 2.42. The predicted molar refractivity (Wildman–Crippen MR) is 141 cm³/mol. The van der Waals surface area contributed by atoms with Crippen LogP contribution in [0.3, 0.4) is 0 Å². The number of benzene rings is 4. The van der Waals surface area contributed by atoms with E-state index in [1.165, 1.54) is 10.8 Å². The van der Waals surface area contributed by atoms with Gasteiger partial charge in [-0.25, -0.2) is 5.01 Å². The maximum Gasteiger partial charge on any atom is 0.215 e. The van der Waals surface area contributed by atoms with Crippen molar-refractivity contribution in [1.29, 1.82) is 0 Å². The zero-order valence-electron chi connectivity index (χ0n) is 17.1. The third kappa shape index (κ3) is 3.75. The monoisotopic (exact) mass is 600 g/mol. The summed E-state index contributed by atoms with van der Waals surface area (Å²) in [6.07, 6.45) is 0.293. The Kier molecular flexibility index (Phi) is 5.41. The third-order valence-corrected chi connectivity index (χ3v) is 7.73. The van der Waals surface area contributed by atoms with Crippen molar-refractivity contribution in [2.45, 2.75) is 18.7 Å². The van der Waals surface area contributed by atoms with Crippen molar-refractivity contribution in [2.75, 3.05) is 0 Å². The maximum absolute atomic E-state index is 6.61. The minimum absolute atomic E-state index is 0.0146. The molecule has 0 aromatic heterocycles. The van der Waals surface area contributed by atoms with Gasteiger partial charge in [0.15, 0.2) is 0 Å². The van der Waals surface area contributed by atoms with Gasteiger partial charge in [0.05, 0.1) is 21.2 Å². The van der Waals surface area contributed by atoms with Gasteiger partial charge in [0.2, 0.25) is 6.23 Å². The number of fused-ring (bicyclic) bond motifs is 4. The average molecular weight is 603 g/mol. The number of nitrogens with zero attached hydrogens (tertiary/aromatic N) is 2. The lowest BCUT2D eigenvalue weighted by molar-refractivity contribution is -0.0196. The van der Waals surface area contributed by atoms with E-state index in [0.717, 1.165) is 43.5 Å². The van der Waals surface area contributed by atoms with E-state index >= 15 is 0 Å². The zero-order valence-corrected chi connectivity index (χ0v) is 21.8. The molecule has 2 aliphatic rings. The van der Waals surface area contributed by atoms with Gasteiger partial charge < -0.3 is 4.74 Å². The number of hydrogen-bond acceptors (Lipinski definition) is 3. The molecule has 6 rings (SSSR count). The van der Waals surface area contributed by atoms with Crippen LogP contribution in [0.1, 0.15) is 35.4 Å². The van der Waals surface area contributed by atoms with Gasteiger partial charge in [-0.3, -0.25) is 0 Å². The van der Waals surface area contributed by atoms with E-state index in [4.69, 9.17) is 33.0 Å². The molecule has 2 heterocycles. The molecule has 0 amide bonds. The highest BCUT2D eigenvalue weighted by atomic mass is 79.9. The molecule has 164 valence electrons. The molecule has 0 bridgehead atoms. The third-order valence-electron chi connectivity index (χ3n) is 6.12. The summed E-state index contributed by atoms with van der Waals surface area (Å²) < 4.78 is 8.39. The molecular formula is C26H16Br2Cl2N2O. The van der Waals surface area contributed by atoms with Crippen molar-refractivity contribution < 1.29 is 4.74 Å². The summed E-state index contributed by atoms with van der Waals surface area (Å²) in [7, 11) is 0. The van der Waals surface area contributed by atoms with E-state index in [1.807, 2.05) is 23.2 Å². The number of hydrazone groups is 1. The van der Waals surface area contributed by atoms with Gasteiger partial charge in [0, 0.05) is 27.0 Å². The van der Waals surface area contributed by atoms with Gasteiger partial charge >= 0.3 is 0 Å². The summed E-state index contributed by atoms with van der Waals surface area (Å²) in [5.74, 6) is 0.811. The molecule has 0 aliphatic carbocycles. The van der Waals surface area contributed by atoms with Crippen LogP contribution in [0, 0.1) is 0 Å². The molecule has 4 aromatic carbocycles. The molecule has 33 heavy (non-hydrogen) atoms. The van der Waals surface area contributed by atoms with Gasteiger partial charge in [0.1, 0.15) is 5.75 Å². The Bertz CT molecular complexity index is 1460. The van der Waals surface area contributed by atoms with Crippen molar-refractivity contribution in [1.82, 2.24) is 5.01 Å². The topological polar surface area (TPSA) is 24.8 Å². The fourth-order valence-corrected chi connectivity index (χ4v) is 6.42. The number of halogens is 4. The normalized spacial score (nSPS) is 19.2. The van der Waals surface area contributed by atoms with Crippen LogP contribution in [0.5, 0.6) is 5.75 Å². The van der Waals surface area contributed by atoms with Crippen LogP contribution in [-0.2, 0) is 0 Å². The lowest BCUT2D eigenvalue weighted by atomic mass is 9.95. The Morgan fingerprint density at radius 3 is 2.52 bits per heavy atom. The lowest BCUT2D eigenvalue weighted by Crippen LogP contribution is -2.34. The van der Waals surface area contributed by atoms with Gasteiger partial charge in [-0.05, 0) is 62.6 Å². The molecule has 3 nitrogen and oxygen atoms in total. The molecule has 0 saturated heterocycles. The van der Waals surface area contributed by atoms with Crippen LogP contribution in [0.2, 0.25) is 10.0 Å². The summed E-state index contributed by atoms with van der Waals surface area (Å²) >= 11 is 20.1. The highest BCUT2D eigenvalue weighted by Crippen LogP contribution is 2.51. The fourth-order valence-electron chi connectivity index (χ4n) is 4.56. The molecule has 0 unspecified atom stereocenters. The fraction of sp³-hybridized carbons (Fsp3) is 0.115. The number of ether oxygens (including phenoxy) is 1. The summed E-state index contributed by atoms with van der Waals surface area (Å²) in [5.41, 5.74) is 4.04. The molecule has 2 aliphatic heterocycles.